The second-order valence-corrected chi connectivity index (χ2v) is 5.75. The van der Waals surface area contributed by atoms with E-state index in [1.54, 1.807) is 4.90 Å². The first-order valence-corrected chi connectivity index (χ1v) is 7.10. The number of aliphatic imine (C=N–C) groups is 1. The van der Waals surface area contributed by atoms with Gasteiger partial charge in [-0.2, -0.15) is 0 Å². The molecule has 0 atom stereocenters. The van der Waals surface area contributed by atoms with Crippen molar-refractivity contribution in [2.75, 3.05) is 41.3 Å². The average molecular weight is 268 g/mol. The minimum atomic E-state index is -0.278. The van der Waals surface area contributed by atoms with E-state index in [2.05, 4.69) is 17.2 Å². The van der Waals surface area contributed by atoms with E-state index in [4.69, 9.17) is 0 Å². The summed E-state index contributed by atoms with van der Waals surface area (Å²) >= 11 is 0. The first-order valence-electron chi connectivity index (χ1n) is 7.10. The van der Waals surface area contributed by atoms with Crippen LogP contribution < -0.4 is 5.32 Å². The summed E-state index contributed by atoms with van der Waals surface area (Å²) < 4.78 is 0. The molecule has 0 heterocycles. The molecule has 5 nitrogen and oxygen atoms in total. The number of guanidine groups is 1. The van der Waals surface area contributed by atoms with Crippen LogP contribution in [-0.2, 0) is 4.79 Å². The van der Waals surface area contributed by atoms with Crippen molar-refractivity contribution in [3.63, 3.8) is 0 Å². The van der Waals surface area contributed by atoms with Gasteiger partial charge in [-0.15, -0.1) is 0 Å². The van der Waals surface area contributed by atoms with E-state index in [-0.39, 0.29) is 11.3 Å². The van der Waals surface area contributed by atoms with Crippen LogP contribution in [0.15, 0.2) is 4.99 Å². The molecule has 0 bridgehead atoms. The standard InChI is InChI=1S/C14H28N4O/c1-6-15-13(18(4)5)16-11-14(9-7-8-10-14)12(19)17(2)3/h6-11H2,1-5H3,(H,15,16). The van der Waals surface area contributed by atoms with E-state index in [9.17, 15) is 4.79 Å². The zero-order valence-corrected chi connectivity index (χ0v) is 13.0. The maximum Gasteiger partial charge on any atom is 0.230 e. The molecule has 19 heavy (non-hydrogen) atoms. The van der Waals surface area contributed by atoms with Crippen LogP contribution in [0.4, 0.5) is 0 Å². The highest BCUT2D eigenvalue weighted by Gasteiger charge is 2.42. The molecule has 1 saturated carbocycles. The van der Waals surface area contributed by atoms with Crippen LogP contribution in [0.1, 0.15) is 32.6 Å². The van der Waals surface area contributed by atoms with Gasteiger partial charge in [0.25, 0.3) is 0 Å². The molecule has 0 unspecified atom stereocenters. The summed E-state index contributed by atoms with van der Waals surface area (Å²) in [4.78, 5) is 20.8. The van der Waals surface area contributed by atoms with Gasteiger partial charge in [-0.3, -0.25) is 9.79 Å². The summed E-state index contributed by atoms with van der Waals surface area (Å²) in [6, 6.07) is 0. The predicted octanol–water partition coefficient (Wildman–Crippen LogP) is 1.16. The van der Waals surface area contributed by atoms with E-state index in [0.29, 0.717) is 6.54 Å². The number of carbonyl (C=O) groups is 1. The molecule has 110 valence electrons. The van der Waals surface area contributed by atoms with Gasteiger partial charge in [0.1, 0.15) is 0 Å². The van der Waals surface area contributed by atoms with Crippen molar-refractivity contribution in [2.45, 2.75) is 32.6 Å². The molecule has 0 aromatic rings. The van der Waals surface area contributed by atoms with Gasteiger partial charge in [0.05, 0.1) is 12.0 Å². The molecule has 1 aliphatic rings. The van der Waals surface area contributed by atoms with Gasteiger partial charge < -0.3 is 15.1 Å². The maximum atomic E-state index is 12.4. The minimum Gasteiger partial charge on any atom is -0.357 e. The molecule has 1 aliphatic carbocycles. The Hall–Kier alpha value is -1.26. The van der Waals surface area contributed by atoms with Crippen LogP contribution in [0.25, 0.3) is 0 Å². The fraction of sp³-hybridized carbons (Fsp3) is 0.857. The van der Waals surface area contributed by atoms with Crippen LogP contribution >= 0.6 is 0 Å². The molecule has 0 aromatic carbocycles. The van der Waals surface area contributed by atoms with Crippen molar-refractivity contribution >= 4 is 11.9 Å². The largest absolute Gasteiger partial charge is 0.357 e. The van der Waals surface area contributed by atoms with Crippen molar-refractivity contribution in [1.82, 2.24) is 15.1 Å². The van der Waals surface area contributed by atoms with Gasteiger partial charge in [-0.25, -0.2) is 0 Å². The lowest BCUT2D eigenvalue weighted by Crippen LogP contribution is -2.42. The Kier molecular flexibility index (Phi) is 5.63. The van der Waals surface area contributed by atoms with Gasteiger partial charge in [-0.05, 0) is 19.8 Å². The smallest absolute Gasteiger partial charge is 0.230 e. The van der Waals surface area contributed by atoms with Crippen LogP contribution in [0.3, 0.4) is 0 Å². The van der Waals surface area contributed by atoms with Crippen LogP contribution in [0.2, 0.25) is 0 Å². The quantitative estimate of drug-likeness (QED) is 0.615. The van der Waals surface area contributed by atoms with Gasteiger partial charge in [0.2, 0.25) is 5.91 Å². The average Bonchev–Trinajstić information content (AvgIpc) is 2.83. The number of nitrogens with one attached hydrogen (secondary N) is 1. The summed E-state index contributed by atoms with van der Waals surface area (Å²) in [5, 5.41) is 3.24. The number of carbonyl (C=O) groups excluding carboxylic acids is 1. The molecule has 0 spiro atoms. The number of hydrogen-bond donors (Lipinski definition) is 1. The predicted molar refractivity (Wildman–Crippen MR) is 79.3 cm³/mol. The molecule has 1 amide bonds. The summed E-state index contributed by atoms with van der Waals surface area (Å²) in [7, 11) is 7.61. The number of hydrogen-bond acceptors (Lipinski definition) is 2. The molecule has 1 rings (SSSR count). The molecule has 1 N–H and O–H groups in total. The highest BCUT2D eigenvalue weighted by molar-refractivity contribution is 5.84. The monoisotopic (exact) mass is 268 g/mol. The number of amides is 1. The molecule has 5 heteroatoms. The molecule has 1 fully saturated rings. The van der Waals surface area contributed by atoms with Crippen molar-refractivity contribution in [2.24, 2.45) is 10.4 Å². The van der Waals surface area contributed by atoms with Crippen molar-refractivity contribution in [3.8, 4) is 0 Å². The molecule has 0 saturated heterocycles. The normalized spacial score (nSPS) is 18.3. The Balaban J connectivity index is 2.84. The van der Waals surface area contributed by atoms with Crippen LogP contribution in [-0.4, -0.2) is 62.9 Å². The summed E-state index contributed by atoms with van der Waals surface area (Å²) in [5.74, 6) is 1.09. The SMILES string of the molecule is CCNC(=NCC1(C(=O)N(C)C)CCCC1)N(C)C. The Morgan fingerprint density at radius 2 is 1.74 bits per heavy atom. The first kappa shape index (κ1) is 15.8. The summed E-state index contributed by atoms with van der Waals surface area (Å²) in [5.41, 5.74) is -0.278. The van der Waals surface area contributed by atoms with Gasteiger partial charge in [-0.1, -0.05) is 12.8 Å². The molecular formula is C14H28N4O. The minimum absolute atomic E-state index is 0.225. The van der Waals surface area contributed by atoms with E-state index >= 15 is 0 Å². The molecular weight excluding hydrogens is 240 g/mol. The second-order valence-electron chi connectivity index (χ2n) is 5.75. The third-order valence-electron chi connectivity index (χ3n) is 3.71. The first-order chi connectivity index (χ1) is 8.93. The Morgan fingerprint density at radius 3 is 2.16 bits per heavy atom. The topological polar surface area (TPSA) is 47.9 Å². The molecule has 0 aromatic heterocycles. The lowest BCUT2D eigenvalue weighted by Gasteiger charge is -2.29. The van der Waals surface area contributed by atoms with Crippen molar-refractivity contribution in [1.29, 1.82) is 0 Å². The Labute approximate surface area is 117 Å². The molecule has 0 radical (unpaired) electrons. The fourth-order valence-electron chi connectivity index (χ4n) is 2.71. The third kappa shape index (κ3) is 3.85. The number of rotatable bonds is 4. The zero-order valence-electron chi connectivity index (χ0n) is 13.0. The fourth-order valence-corrected chi connectivity index (χ4v) is 2.71. The maximum absolute atomic E-state index is 12.4. The highest BCUT2D eigenvalue weighted by atomic mass is 16.2. The van der Waals surface area contributed by atoms with Gasteiger partial charge in [0, 0.05) is 34.7 Å². The Bertz CT molecular complexity index is 330. The van der Waals surface area contributed by atoms with Gasteiger partial charge in [0.15, 0.2) is 5.96 Å². The van der Waals surface area contributed by atoms with E-state index in [0.717, 1.165) is 38.2 Å². The van der Waals surface area contributed by atoms with E-state index < -0.39 is 0 Å². The zero-order chi connectivity index (χ0) is 14.5. The highest BCUT2D eigenvalue weighted by Crippen LogP contribution is 2.39. The lowest BCUT2D eigenvalue weighted by atomic mass is 9.85. The number of nitrogens with zero attached hydrogens (tertiary/aromatic N) is 3. The van der Waals surface area contributed by atoms with Crippen molar-refractivity contribution in [3.05, 3.63) is 0 Å². The van der Waals surface area contributed by atoms with E-state index in [1.165, 1.54) is 0 Å². The van der Waals surface area contributed by atoms with Crippen LogP contribution in [0, 0.1) is 5.41 Å². The van der Waals surface area contributed by atoms with Gasteiger partial charge >= 0.3 is 0 Å². The van der Waals surface area contributed by atoms with Crippen LogP contribution in [0.5, 0.6) is 0 Å². The summed E-state index contributed by atoms with van der Waals surface area (Å²) in [6.07, 6.45) is 4.18. The van der Waals surface area contributed by atoms with E-state index in [1.807, 2.05) is 33.1 Å². The van der Waals surface area contributed by atoms with Crippen molar-refractivity contribution < 1.29 is 4.79 Å². The Morgan fingerprint density at radius 1 is 1.16 bits per heavy atom. The lowest BCUT2D eigenvalue weighted by molar-refractivity contribution is -0.138. The third-order valence-corrected chi connectivity index (χ3v) is 3.71. The molecule has 0 aliphatic heterocycles. The summed E-state index contributed by atoms with van der Waals surface area (Å²) in [6.45, 7) is 3.48. The second kappa shape index (κ2) is 6.78.